The molecule has 3 rings (SSSR count). The van der Waals surface area contributed by atoms with Crippen molar-refractivity contribution in [1.29, 1.82) is 0 Å². The largest absolute Gasteiger partial charge is 0.0795 e. The Morgan fingerprint density at radius 2 is 1.05 bits per heavy atom. The second-order valence-electron chi connectivity index (χ2n) is 4.67. The lowest BCUT2D eigenvalue weighted by molar-refractivity contribution is 1.44. The van der Waals surface area contributed by atoms with Gasteiger partial charge in [0.2, 0.25) is 0 Å². The monoisotopic (exact) mass is 254 g/mol. The van der Waals surface area contributed by atoms with Crippen LogP contribution in [0.25, 0.3) is 0 Å². The Balaban J connectivity index is 1.71. The molecule has 0 saturated heterocycles. The molecule has 0 heterocycles. The van der Waals surface area contributed by atoms with E-state index in [9.17, 15) is 0 Å². The van der Waals surface area contributed by atoms with E-state index in [4.69, 9.17) is 0 Å². The first-order valence-electron chi connectivity index (χ1n) is 6.78. The molecule has 2 aliphatic rings. The van der Waals surface area contributed by atoms with Crippen molar-refractivity contribution >= 4 is 0 Å². The van der Waals surface area contributed by atoms with Crippen molar-refractivity contribution in [3.8, 4) is 23.7 Å². The van der Waals surface area contributed by atoms with Crippen LogP contribution in [0.5, 0.6) is 0 Å². The van der Waals surface area contributed by atoms with Crippen molar-refractivity contribution in [3.05, 3.63) is 83.0 Å². The summed E-state index contributed by atoms with van der Waals surface area (Å²) in [7, 11) is 0. The summed E-state index contributed by atoms with van der Waals surface area (Å²) in [5.41, 5.74) is 4.26. The van der Waals surface area contributed by atoms with Gasteiger partial charge in [-0.15, -0.1) is 0 Å². The van der Waals surface area contributed by atoms with Crippen LogP contribution in [0, 0.1) is 23.7 Å². The molecule has 0 unspecified atom stereocenters. The van der Waals surface area contributed by atoms with Crippen molar-refractivity contribution in [2.75, 3.05) is 0 Å². The van der Waals surface area contributed by atoms with Gasteiger partial charge in [0.25, 0.3) is 0 Å². The van der Waals surface area contributed by atoms with Gasteiger partial charge >= 0.3 is 0 Å². The van der Waals surface area contributed by atoms with E-state index in [-0.39, 0.29) is 0 Å². The fraction of sp³-hybridized carbons (Fsp3) is 0.100. The van der Waals surface area contributed by atoms with Gasteiger partial charge in [0, 0.05) is 22.3 Å². The Morgan fingerprint density at radius 1 is 0.600 bits per heavy atom. The Labute approximate surface area is 120 Å². The predicted molar refractivity (Wildman–Crippen MR) is 83.9 cm³/mol. The average molecular weight is 254 g/mol. The molecule has 0 fully saturated rings. The van der Waals surface area contributed by atoms with Crippen LogP contribution in [0.3, 0.4) is 0 Å². The summed E-state index contributed by atoms with van der Waals surface area (Å²) in [4.78, 5) is 0. The van der Waals surface area contributed by atoms with Crippen molar-refractivity contribution < 1.29 is 0 Å². The van der Waals surface area contributed by atoms with Gasteiger partial charge in [0.05, 0.1) is 0 Å². The highest BCUT2D eigenvalue weighted by atomic mass is 14.0. The van der Waals surface area contributed by atoms with Gasteiger partial charge in [-0.3, -0.25) is 0 Å². The van der Waals surface area contributed by atoms with Crippen molar-refractivity contribution in [1.82, 2.24) is 0 Å². The van der Waals surface area contributed by atoms with E-state index in [1.165, 1.54) is 0 Å². The number of benzene rings is 1. The molecule has 0 nitrogen and oxygen atoms in total. The quantitative estimate of drug-likeness (QED) is 0.610. The first kappa shape index (κ1) is 12.3. The predicted octanol–water partition coefficient (Wildman–Crippen LogP) is 4.16. The Morgan fingerprint density at radius 3 is 1.40 bits per heavy atom. The fourth-order valence-electron chi connectivity index (χ4n) is 2.03. The molecule has 0 atom stereocenters. The normalized spacial score (nSPS) is 15.0. The van der Waals surface area contributed by atoms with Crippen LogP contribution >= 0.6 is 0 Å². The summed E-state index contributed by atoms with van der Waals surface area (Å²) in [6.45, 7) is 0. The minimum Gasteiger partial charge on any atom is -0.0795 e. The third kappa shape index (κ3) is 3.19. The molecule has 0 bridgehead atoms. The molecule has 0 amide bonds. The first-order valence-corrected chi connectivity index (χ1v) is 6.78. The molecule has 2 aliphatic carbocycles. The topological polar surface area (TPSA) is 0 Å². The molecule has 94 valence electrons. The van der Waals surface area contributed by atoms with Crippen LogP contribution < -0.4 is 0 Å². The maximum absolute atomic E-state index is 3.17. The SMILES string of the molecule is C(#Cc1ccc(C#CC2=CCC=C2)cc1)C1=CCC=C1. The maximum Gasteiger partial charge on any atom is 0.0249 e. The Kier molecular flexibility index (Phi) is 3.68. The molecule has 0 saturated carbocycles. The minimum absolute atomic E-state index is 1.00. The van der Waals surface area contributed by atoms with Gasteiger partial charge in [-0.1, -0.05) is 60.1 Å². The molecule has 0 aliphatic heterocycles. The second-order valence-corrected chi connectivity index (χ2v) is 4.67. The van der Waals surface area contributed by atoms with Gasteiger partial charge < -0.3 is 0 Å². The first-order chi connectivity index (χ1) is 9.90. The van der Waals surface area contributed by atoms with Crippen LogP contribution in [0.4, 0.5) is 0 Å². The van der Waals surface area contributed by atoms with Gasteiger partial charge in [-0.2, -0.15) is 0 Å². The molecular formula is C20H14. The highest BCUT2D eigenvalue weighted by Crippen LogP contribution is 2.09. The van der Waals surface area contributed by atoms with E-state index in [0.717, 1.165) is 35.1 Å². The highest BCUT2D eigenvalue weighted by molar-refractivity contribution is 5.50. The second kappa shape index (κ2) is 5.96. The third-order valence-electron chi connectivity index (χ3n) is 3.13. The third-order valence-corrected chi connectivity index (χ3v) is 3.13. The lowest BCUT2D eigenvalue weighted by Crippen LogP contribution is -1.78. The molecule has 0 radical (unpaired) electrons. The van der Waals surface area contributed by atoms with Gasteiger partial charge in [0.15, 0.2) is 0 Å². The lowest BCUT2D eigenvalue weighted by Gasteiger charge is -1.92. The number of hydrogen-bond acceptors (Lipinski definition) is 0. The van der Waals surface area contributed by atoms with E-state index in [1.807, 2.05) is 24.3 Å². The number of hydrogen-bond donors (Lipinski definition) is 0. The Bertz CT molecular complexity index is 675. The summed E-state index contributed by atoms with van der Waals surface area (Å²) in [5, 5.41) is 0. The molecule has 0 aromatic heterocycles. The minimum atomic E-state index is 1.00. The smallest absolute Gasteiger partial charge is 0.0249 e. The molecule has 0 heteroatoms. The van der Waals surface area contributed by atoms with Crippen LogP contribution in [-0.4, -0.2) is 0 Å². The molecular weight excluding hydrogens is 240 g/mol. The van der Waals surface area contributed by atoms with Crippen molar-refractivity contribution in [2.24, 2.45) is 0 Å². The fourth-order valence-corrected chi connectivity index (χ4v) is 2.03. The molecule has 1 aromatic rings. The summed E-state index contributed by atoms with van der Waals surface area (Å²) < 4.78 is 0. The molecule has 20 heavy (non-hydrogen) atoms. The van der Waals surface area contributed by atoms with E-state index < -0.39 is 0 Å². The van der Waals surface area contributed by atoms with Gasteiger partial charge in [-0.05, 0) is 37.1 Å². The summed E-state index contributed by atoms with van der Waals surface area (Å²) >= 11 is 0. The van der Waals surface area contributed by atoms with E-state index in [2.05, 4.69) is 60.1 Å². The van der Waals surface area contributed by atoms with Crippen LogP contribution in [0.1, 0.15) is 24.0 Å². The highest BCUT2D eigenvalue weighted by Gasteiger charge is 1.94. The number of allylic oxidation sites excluding steroid dienone is 8. The molecule has 0 spiro atoms. The van der Waals surface area contributed by atoms with Gasteiger partial charge in [0.1, 0.15) is 0 Å². The molecule has 0 N–H and O–H groups in total. The van der Waals surface area contributed by atoms with E-state index in [1.54, 1.807) is 0 Å². The molecule has 1 aromatic carbocycles. The van der Waals surface area contributed by atoms with E-state index in [0.29, 0.717) is 0 Å². The van der Waals surface area contributed by atoms with Crippen LogP contribution in [0.2, 0.25) is 0 Å². The van der Waals surface area contributed by atoms with Crippen molar-refractivity contribution in [2.45, 2.75) is 12.8 Å². The number of rotatable bonds is 0. The lowest BCUT2D eigenvalue weighted by atomic mass is 10.1. The summed E-state index contributed by atoms with van der Waals surface area (Å²) in [5.74, 6) is 12.7. The summed E-state index contributed by atoms with van der Waals surface area (Å²) in [6.07, 6.45) is 14.6. The van der Waals surface area contributed by atoms with Gasteiger partial charge in [-0.25, -0.2) is 0 Å². The van der Waals surface area contributed by atoms with Crippen LogP contribution in [0.15, 0.2) is 71.9 Å². The summed E-state index contributed by atoms with van der Waals surface area (Å²) in [6, 6.07) is 8.09. The van der Waals surface area contributed by atoms with E-state index >= 15 is 0 Å². The zero-order chi connectivity index (χ0) is 13.6. The average Bonchev–Trinajstić information content (AvgIpc) is 3.17. The standard InChI is InChI=1S/C20H14/c1-2-6-17(5-1)9-11-19-13-15-20(16-14-19)12-10-18-7-3-4-8-18/h1,3,5-8,13-16H,2,4H2. The zero-order valence-corrected chi connectivity index (χ0v) is 11.2. The maximum atomic E-state index is 3.17. The van der Waals surface area contributed by atoms with Crippen LogP contribution in [-0.2, 0) is 0 Å². The Hall–Kier alpha value is -2.70. The van der Waals surface area contributed by atoms with Crippen molar-refractivity contribution in [3.63, 3.8) is 0 Å². The zero-order valence-electron chi connectivity index (χ0n) is 11.2.